The minimum Gasteiger partial charge on any atom is -0.302 e. The van der Waals surface area contributed by atoms with Crippen molar-refractivity contribution in [3.63, 3.8) is 0 Å². The van der Waals surface area contributed by atoms with Crippen LogP contribution in [-0.4, -0.2) is 19.5 Å². The molecular formula is C15H13FN4. The van der Waals surface area contributed by atoms with Crippen LogP contribution in [0.5, 0.6) is 0 Å². The van der Waals surface area contributed by atoms with Gasteiger partial charge in [0.25, 0.3) is 0 Å². The maximum absolute atomic E-state index is 12.8. The topological polar surface area (TPSA) is 43.6 Å². The molecule has 0 fully saturated rings. The van der Waals surface area contributed by atoms with Gasteiger partial charge in [0.15, 0.2) is 5.82 Å². The lowest BCUT2D eigenvalue weighted by molar-refractivity contribution is 0.622. The fourth-order valence-electron chi connectivity index (χ4n) is 2.13. The van der Waals surface area contributed by atoms with Crippen LogP contribution in [0, 0.1) is 19.7 Å². The molecule has 4 nitrogen and oxygen atoms in total. The normalized spacial score (nSPS) is 10.8. The summed E-state index contributed by atoms with van der Waals surface area (Å²) in [5.41, 5.74) is 3.43. The highest BCUT2D eigenvalue weighted by Gasteiger charge is 2.07. The first-order valence-electron chi connectivity index (χ1n) is 6.24. The molecule has 3 heterocycles. The molecule has 0 aliphatic rings. The number of hydrogen-bond acceptors (Lipinski definition) is 3. The van der Waals surface area contributed by atoms with Gasteiger partial charge in [-0.3, -0.25) is 4.98 Å². The Balaban J connectivity index is 1.98. The fourth-order valence-corrected chi connectivity index (χ4v) is 2.13. The van der Waals surface area contributed by atoms with Gasteiger partial charge in [0.1, 0.15) is 11.5 Å². The first-order valence-corrected chi connectivity index (χ1v) is 6.24. The summed E-state index contributed by atoms with van der Waals surface area (Å²) in [7, 11) is 0. The van der Waals surface area contributed by atoms with Crippen molar-refractivity contribution in [1.82, 2.24) is 19.5 Å². The first kappa shape index (κ1) is 12.5. The Morgan fingerprint density at radius 1 is 0.800 bits per heavy atom. The molecule has 0 aliphatic heterocycles. The second-order valence-corrected chi connectivity index (χ2v) is 4.57. The number of nitrogens with zero attached hydrogens (tertiary/aromatic N) is 4. The summed E-state index contributed by atoms with van der Waals surface area (Å²) < 4.78 is 14.9. The molecule has 100 valence electrons. The van der Waals surface area contributed by atoms with E-state index in [4.69, 9.17) is 0 Å². The lowest BCUT2D eigenvalue weighted by Crippen LogP contribution is -2.02. The zero-order valence-electron chi connectivity index (χ0n) is 11.2. The molecular weight excluding hydrogens is 255 g/mol. The number of halogens is 1. The molecule has 0 aromatic carbocycles. The molecule has 0 atom stereocenters. The van der Waals surface area contributed by atoms with Crippen LogP contribution in [0.4, 0.5) is 4.39 Å². The fraction of sp³-hybridized carbons (Fsp3) is 0.133. The number of hydrogen-bond donors (Lipinski definition) is 0. The van der Waals surface area contributed by atoms with Gasteiger partial charge in [-0.05, 0) is 38.1 Å². The van der Waals surface area contributed by atoms with Crippen molar-refractivity contribution in [3.8, 4) is 17.2 Å². The summed E-state index contributed by atoms with van der Waals surface area (Å²) in [5.74, 6) is 0.396. The highest BCUT2D eigenvalue weighted by molar-refractivity contribution is 5.52. The SMILES string of the molecule is Cc1ccc(C)n1-c1cnc(-c2ccc(F)cn2)cn1. The predicted molar refractivity (Wildman–Crippen MR) is 74.0 cm³/mol. The van der Waals surface area contributed by atoms with Crippen molar-refractivity contribution in [3.05, 3.63) is 60.1 Å². The van der Waals surface area contributed by atoms with Gasteiger partial charge in [0.2, 0.25) is 0 Å². The monoisotopic (exact) mass is 268 g/mol. The highest BCUT2D eigenvalue weighted by Crippen LogP contribution is 2.17. The van der Waals surface area contributed by atoms with Gasteiger partial charge in [-0.25, -0.2) is 14.4 Å². The van der Waals surface area contributed by atoms with Gasteiger partial charge in [0, 0.05) is 11.4 Å². The lowest BCUT2D eigenvalue weighted by Gasteiger charge is -2.08. The quantitative estimate of drug-likeness (QED) is 0.717. The third-order valence-electron chi connectivity index (χ3n) is 3.13. The summed E-state index contributed by atoms with van der Waals surface area (Å²) in [6, 6.07) is 7.02. The molecule has 0 saturated heterocycles. The van der Waals surface area contributed by atoms with Gasteiger partial charge in [-0.2, -0.15) is 0 Å². The largest absolute Gasteiger partial charge is 0.302 e. The molecule has 3 aromatic rings. The summed E-state index contributed by atoms with van der Waals surface area (Å²) in [4.78, 5) is 12.7. The minimum absolute atomic E-state index is 0.364. The van der Waals surface area contributed by atoms with Crippen molar-refractivity contribution in [2.24, 2.45) is 0 Å². The Bertz CT molecular complexity index is 710. The second kappa shape index (κ2) is 4.85. The standard InChI is InChI=1S/C15H13FN4/c1-10-3-4-11(2)20(10)15-9-18-14(8-19-15)13-6-5-12(16)7-17-13/h3-9H,1-2H3. The van der Waals surface area contributed by atoms with Crippen LogP contribution in [-0.2, 0) is 0 Å². The van der Waals surface area contributed by atoms with Crippen molar-refractivity contribution >= 4 is 0 Å². The Morgan fingerprint density at radius 3 is 2.05 bits per heavy atom. The van der Waals surface area contributed by atoms with Gasteiger partial charge >= 0.3 is 0 Å². The second-order valence-electron chi connectivity index (χ2n) is 4.57. The first-order chi connectivity index (χ1) is 9.65. The molecule has 0 N–H and O–H groups in total. The predicted octanol–water partition coefficient (Wildman–Crippen LogP) is 3.09. The third kappa shape index (κ3) is 2.18. The minimum atomic E-state index is -0.364. The van der Waals surface area contributed by atoms with Crippen LogP contribution in [0.1, 0.15) is 11.4 Å². The maximum Gasteiger partial charge on any atom is 0.155 e. The van der Waals surface area contributed by atoms with Crippen LogP contribution < -0.4 is 0 Å². The van der Waals surface area contributed by atoms with E-state index in [1.165, 1.54) is 12.3 Å². The number of rotatable bonds is 2. The lowest BCUT2D eigenvalue weighted by atomic mass is 10.3. The molecule has 0 saturated carbocycles. The van der Waals surface area contributed by atoms with Crippen LogP contribution >= 0.6 is 0 Å². The number of aromatic nitrogens is 4. The third-order valence-corrected chi connectivity index (χ3v) is 3.13. The zero-order chi connectivity index (χ0) is 14.1. The van der Waals surface area contributed by atoms with Crippen LogP contribution in [0.3, 0.4) is 0 Å². The van der Waals surface area contributed by atoms with Crippen molar-refractivity contribution in [2.45, 2.75) is 13.8 Å². The van der Waals surface area contributed by atoms with E-state index >= 15 is 0 Å². The molecule has 0 radical (unpaired) electrons. The van der Waals surface area contributed by atoms with E-state index in [1.54, 1.807) is 18.5 Å². The van der Waals surface area contributed by atoms with Gasteiger partial charge in [0.05, 0.1) is 24.3 Å². The number of pyridine rings is 1. The average Bonchev–Trinajstić information content (AvgIpc) is 2.79. The molecule has 3 rings (SSSR count). The molecule has 0 amide bonds. The van der Waals surface area contributed by atoms with E-state index in [1.807, 2.05) is 30.5 Å². The average molecular weight is 268 g/mol. The van der Waals surface area contributed by atoms with E-state index < -0.39 is 0 Å². The van der Waals surface area contributed by atoms with Crippen LogP contribution in [0.2, 0.25) is 0 Å². The smallest absolute Gasteiger partial charge is 0.155 e. The van der Waals surface area contributed by atoms with Crippen molar-refractivity contribution in [2.75, 3.05) is 0 Å². The molecule has 20 heavy (non-hydrogen) atoms. The number of aryl methyl sites for hydroxylation is 2. The van der Waals surface area contributed by atoms with Gasteiger partial charge in [-0.15, -0.1) is 0 Å². The summed E-state index contributed by atoms with van der Waals surface area (Å²) in [6.45, 7) is 4.04. The Hall–Kier alpha value is -2.56. The molecule has 0 bridgehead atoms. The Morgan fingerprint density at radius 2 is 1.50 bits per heavy atom. The molecule has 3 aromatic heterocycles. The molecule has 5 heteroatoms. The van der Waals surface area contributed by atoms with Crippen LogP contribution in [0.25, 0.3) is 17.2 Å². The molecule has 0 aliphatic carbocycles. The summed E-state index contributed by atoms with van der Waals surface area (Å²) >= 11 is 0. The maximum atomic E-state index is 12.8. The van der Waals surface area contributed by atoms with E-state index in [9.17, 15) is 4.39 Å². The highest BCUT2D eigenvalue weighted by atomic mass is 19.1. The summed E-state index contributed by atoms with van der Waals surface area (Å²) in [5, 5.41) is 0. The van der Waals surface area contributed by atoms with Crippen molar-refractivity contribution in [1.29, 1.82) is 0 Å². The van der Waals surface area contributed by atoms with Gasteiger partial charge in [-0.1, -0.05) is 0 Å². The van der Waals surface area contributed by atoms with E-state index in [2.05, 4.69) is 15.0 Å². The Labute approximate surface area is 116 Å². The van der Waals surface area contributed by atoms with E-state index in [0.29, 0.717) is 11.4 Å². The van der Waals surface area contributed by atoms with E-state index in [0.717, 1.165) is 17.2 Å². The van der Waals surface area contributed by atoms with E-state index in [-0.39, 0.29) is 5.82 Å². The van der Waals surface area contributed by atoms with Crippen molar-refractivity contribution < 1.29 is 4.39 Å². The molecule has 0 spiro atoms. The van der Waals surface area contributed by atoms with Crippen LogP contribution in [0.15, 0.2) is 42.9 Å². The zero-order valence-corrected chi connectivity index (χ0v) is 11.2. The summed E-state index contributed by atoms with van der Waals surface area (Å²) in [6.07, 6.45) is 4.51. The molecule has 0 unspecified atom stereocenters. The Kier molecular flexibility index (Phi) is 3.02. The van der Waals surface area contributed by atoms with Gasteiger partial charge < -0.3 is 4.57 Å².